The van der Waals surface area contributed by atoms with Crippen LogP contribution in [0.5, 0.6) is 0 Å². The number of aromatic nitrogens is 2. The van der Waals surface area contributed by atoms with E-state index >= 15 is 0 Å². The quantitative estimate of drug-likeness (QED) is 0.571. The van der Waals surface area contributed by atoms with Crippen molar-refractivity contribution in [1.29, 1.82) is 0 Å². The Morgan fingerprint density at radius 1 is 1.12 bits per heavy atom. The van der Waals surface area contributed by atoms with Gasteiger partial charge in [-0.1, -0.05) is 30.3 Å². The van der Waals surface area contributed by atoms with Gasteiger partial charge in [0, 0.05) is 37.3 Å². The molecule has 0 saturated heterocycles. The number of hydrogen-bond donors (Lipinski definition) is 2. The SMILES string of the molecule is O=C(NCc1cccc(C(F)(F)F)c1)c1n[nH]c2c1CN(C(=O)Cc1ccccc1F)CC2. The van der Waals surface area contributed by atoms with Crippen molar-refractivity contribution in [3.63, 3.8) is 0 Å². The zero-order valence-electron chi connectivity index (χ0n) is 17.4. The minimum absolute atomic E-state index is 0.0837. The fourth-order valence-corrected chi connectivity index (χ4v) is 3.74. The largest absolute Gasteiger partial charge is 0.416 e. The van der Waals surface area contributed by atoms with E-state index in [1.54, 1.807) is 18.2 Å². The number of carbonyl (C=O) groups is 2. The topological polar surface area (TPSA) is 78.1 Å². The Morgan fingerprint density at radius 3 is 2.67 bits per heavy atom. The van der Waals surface area contributed by atoms with Crippen molar-refractivity contribution >= 4 is 11.8 Å². The summed E-state index contributed by atoms with van der Waals surface area (Å²) in [6, 6.07) is 10.7. The normalized spacial score (nSPS) is 13.5. The molecule has 33 heavy (non-hydrogen) atoms. The monoisotopic (exact) mass is 460 g/mol. The molecule has 6 nitrogen and oxygen atoms in total. The number of H-pyrrole nitrogens is 1. The van der Waals surface area contributed by atoms with E-state index in [-0.39, 0.29) is 31.1 Å². The molecule has 0 bridgehead atoms. The number of hydrogen-bond acceptors (Lipinski definition) is 3. The van der Waals surface area contributed by atoms with Crippen molar-refractivity contribution in [1.82, 2.24) is 20.4 Å². The Hall–Kier alpha value is -3.69. The van der Waals surface area contributed by atoms with E-state index in [2.05, 4.69) is 15.5 Å². The molecule has 0 unspecified atom stereocenters. The van der Waals surface area contributed by atoms with Crippen LogP contribution in [-0.4, -0.2) is 33.5 Å². The first-order chi connectivity index (χ1) is 15.7. The molecule has 0 fully saturated rings. The van der Waals surface area contributed by atoms with Crippen LogP contribution in [0.3, 0.4) is 0 Å². The highest BCUT2D eigenvalue weighted by atomic mass is 19.4. The first-order valence-corrected chi connectivity index (χ1v) is 10.2. The van der Waals surface area contributed by atoms with Crippen LogP contribution in [0.2, 0.25) is 0 Å². The van der Waals surface area contributed by atoms with E-state index in [1.165, 1.54) is 23.1 Å². The molecule has 0 radical (unpaired) electrons. The van der Waals surface area contributed by atoms with Crippen molar-refractivity contribution in [2.24, 2.45) is 0 Å². The third-order valence-corrected chi connectivity index (χ3v) is 5.51. The van der Waals surface area contributed by atoms with Gasteiger partial charge in [-0.05, 0) is 29.3 Å². The van der Waals surface area contributed by atoms with Gasteiger partial charge in [0.25, 0.3) is 5.91 Å². The molecule has 0 saturated carbocycles. The molecule has 0 atom stereocenters. The summed E-state index contributed by atoms with van der Waals surface area (Å²) >= 11 is 0. The molecule has 2 heterocycles. The summed E-state index contributed by atoms with van der Waals surface area (Å²) in [5.74, 6) is -1.29. The predicted octanol–water partition coefficient (Wildman–Crippen LogP) is 3.63. The van der Waals surface area contributed by atoms with Gasteiger partial charge in [-0.15, -0.1) is 0 Å². The lowest BCUT2D eigenvalue weighted by molar-refractivity contribution is -0.137. The van der Waals surface area contributed by atoms with Gasteiger partial charge in [-0.3, -0.25) is 14.7 Å². The zero-order valence-corrected chi connectivity index (χ0v) is 17.4. The van der Waals surface area contributed by atoms with Crippen molar-refractivity contribution in [2.75, 3.05) is 6.54 Å². The standard InChI is InChI=1S/C23H20F4N4O2/c24-18-7-2-1-5-15(18)11-20(32)31-9-8-19-17(13-31)21(30-29-19)22(33)28-12-14-4-3-6-16(10-14)23(25,26)27/h1-7,10H,8-9,11-13H2,(H,28,33)(H,29,30). The summed E-state index contributed by atoms with van der Waals surface area (Å²) < 4.78 is 52.5. The molecule has 1 aliphatic heterocycles. The molecule has 2 amide bonds. The lowest BCUT2D eigenvalue weighted by atomic mass is 10.0. The van der Waals surface area contributed by atoms with Crippen LogP contribution in [0, 0.1) is 5.82 Å². The summed E-state index contributed by atoms with van der Waals surface area (Å²) in [4.78, 5) is 26.9. The summed E-state index contributed by atoms with van der Waals surface area (Å²) in [6.07, 6.45) is -4.12. The number of nitrogens with one attached hydrogen (secondary N) is 2. The Balaban J connectivity index is 1.43. The van der Waals surface area contributed by atoms with Crippen LogP contribution in [-0.2, 0) is 36.9 Å². The third-order valence-electron chi connectivity index (χ3n) is 5.51. The van der Waals surface area contributed by atoms with Crippen LogP contribution in [0.4, 0.5) is 17.6 Å². The lowest BCUT2D eigenvalue weighted by Gasteiger charge is -2.27. The molecular formula is C23H20F4N4O2. The van der Waals surface area contributed by atoms with Crippen LogP contribution in [0.25, 0.3) is 0 Å². The van der Waals surface area contributed by atoms with Crippen LogP contribution < -0.4 is 5.32 Å². The highest BCUT2D eigenvalue weighted by Crippen LogP contribution is 2.29. The zero-order chi connectivity index (χ0) is 23.6. The smallest absolute Gasteiger partial charge is 0.347 e. The maximum absolute atomic E-state index is 13.9. The number of alkyl halides is 3. The Labute approximate surface area is 186 Å². The van der Waals surface area contributed by atoms with E-state index in [9.17, 15) is 27.2 Å². The number of nitrogens with zero attached hydrogens (tertiary/aromatic N) is 2. The van der Waals surface area contributed by atoms with E-state index in [0.717, 1.165) is 12.1 Å². The second-order valence-electron chi connectivity index (χ2n) is 7.74. The lowest BCUT2D eigenvalue weighted by Crippen LogP contribution is -2.37. The van der Waals surface area contributed by atoms with E-state index in [1.807, 2.05) is 0 Å². The summed E-state index contributed by atoms with van der Waals surface area (Å²) in [6.45, 7) is 0.416. The van der Waals surface area contributed by atoms with Gasteiger partial charge in [0.1, 0.15) is 5.82 Å². The number of amides is 2. The van der Waals surface area contributed by atoms with Gasteiger partial charge in [0.2, 0.25) is 5.91 Å². The van der Waals surface area contributed by atoms with Gasteiger partial charge in [0.05, 0.1) is 12.0 Å². The fourth-order valence-electron chi connectivity index (χ4n) is 3.74. The van der Waals surface area contributed by atoms with Crippen LogP contribution in [0.15, 0.2) is 48.5 Å². The first-order valence-electron chi connectivity index (χ1n) is 10.2. The molecule has 3 aromatic rings. The highest BCUT2D eigenvalue weighted by molar-refractivity contribution is 5.94. The minimum atomic E-state index is -4.47. The highest BCUT2D eigenvalue weighted by Gasteiger charge is 2.31. The maximum Gasteiger partial charge on any atom is 0.416 e. The second kappa shape index (κ2) is 9.05. The van der Waals surface area contributed by atoms with Crippen LogP contribution >= 0.6 is 0 Å². The molecule has 10 heteroatoms. The Bertz CT molecular complexity index is 1190. The summed E-state index contributed by atoms with van der Waals surface area (Å²) in [7, 11) is 0. The van der Waals surface area contributed by atoms with Crippen LogP contribution in [0.1, 0.15) is 38.4 Å². The van der Waals surface area contributed by atoms with E-state index in [4.69, 9.17) is 0 Å². The van der Waals surface area contributed by atoms with E-state index in [0.29, 0.717) is 35.3 Å². The van der Waals surface area contributed by atoms with E-state index < -0.39 is 23.5 Å². The van der Waals surface area contributed by atoms with Gasteiger partial charge in [0.15, 0.2) is 5.69 Å². The average molecular weight is 460 g/mol. The molecule has 172 valence electrons. The average Bonchev–Trinajstić information content (AvgIpc) is 3.22. The second-order valence-corrected chi connectivity index (χ2v) is 7.74. The molecule has 1 aliphatic rings. The van der Waals surface area contributed by atoms with Crippen molar-refractivity contribution < 1.29 is 27.2 Å². The predicted molar refractivity (Wildman–Crippen MR) is 110 cm³/mol. The number of carbonyl (C=O) groups excluding carboxylic acids is 2. The molecule has 2 aromatic carbocycles. The fraction of sp³-hybridized carbons (Fsp3) is 0.261. The van der Waals surface area contributed by atoms with Gasteiger partial charge in [-0.25, -0.2) is 4.39 Å². The summed E-state index contributed by atoms with van der Waals surface area (Å²) in [5, 5.41) is 9.42. The minimum Gasteiger partial charge on any atom is -0.347 e. The van der Waals surface area contributed by atoms with Crippen molar-refractivity contribution in [3.05, 3.63) is 88.0 Å². The summed E-state index contributed by atoms with van der Waals surface area (Å²) in [5.41, 5.74) is 1.14. The van der Waals surface area contributed by atoms with Crippen molar-refractivity contribution in [2.45, 2.75) is 32.1 Å². The third kappa shape index (κ3) is 5.05. The number of benzene rings is 2. The van der Waals surface area contributed by atoms with Gasteiger partial charge < -0.3 is 10.2 Å². The van der Waals surface area contributed by atoms with Crippen molar-refractivity contribution in [3.8, 4) is 0 Å². The van der Waals surface area contributed by atoms with Gasteiger partial charge >= 0.3 is 6.18 Å². The molecule has 4 rings (SSSR count). The number of rotatable bonds is 5. The Kier molecular flexibility index (Phi) is 6.17. The molecular weight excluding hydrogens is 440 g/mol. The number of aromatic amines is 1. The first kappa shape index (κ1) is 22.5. The molecule has 1 aromatic heterocycles. The molecule has 2 N–H and O–H groups in total. The van der Waals surface area contributed by atoms with Gasteiger partial charge in [-0.2, -0.15) is 18.3 Å². The number of halogens is 4. The maximum atomic E-state index is 13.9. The number of fused-ring (bicyclic) bond motifs is 1. The molecule has 0 aliphatic carbocycles. The Morgan fingerprint density at radius 2 is 1.91 bits per heavy atom. The molecule has 0 spiro atoms.